The van der Waals surface area contributed by atoms with Gasteiger partial charge in [-0.1, -0.05) is 12.1 Å². The molecule has 0 spiro atoms. The Kier molecular flexibility index (Phi) is 5.49. The summed E-state index contributed by atoms with van der Waals surface area (Å²) in [6.45, 7) is 0. The average Bonchev–Trinajstić information content (AvgIpc) is 2.60. The van der Waals surface area contributed by atoms with Crippen LogP contribution in [0.4, 0.5) is 10.7 Å². The van der Waals surface area contributed by atoms with Gasteiger partial charge in [-0.3, -0.25) is 5.32 Å². The van der Waals surface area contributed by atoms with Crippen molar-refractivity contribution < 1.29 is 27.5 Å². The molecule has 2 amide bonds. The Labute approximate surface area is 143 Å². The molecular formula is C14H14N4O6S. The maximum absolute atomic E-state index is 12.4. The Morgan fingerprint density at radius 2 is 1.84 bits per heavy atom. The minimum atomic E-state index is -4.33. The Balaban J connectivity index is 2.21. The zero-order valence-electron chi connectivity index (χ0n) is 13.2. The molecule has 2 aromatic rings. The minimum Gasteiger partial charge on any atom is -0.481 e. The van der Waals surface area contributed by atoms with Gasteiger partial charge in [0.1, 0.15) is 4.90 Å². The summed E-state index contributed by atoms with van der Waals surface area (Å²) >= 11 is 0. The lowest BCUT2D eigenvalue weighted by Crippen LogP contribution is -2.35. The highest BCUT2D eigenvalue weighted by Crippen LogP contribution is 2.16. The molecule has 0 aliphatic carbocycles. The van der Waals surface area contributed by atoms with Gasteiger partial charge in [0, 0.05) is 12.3 Å². The number of esters is 1. The first-order valence-corrected chi connectivity index (χ1v) is 8.24. The van der Waals surface area contributed by atoms with Gasteiger partial charge in [-0.2, -0.15) is 4.98 Å². The van der Waals surface area contributed by atoms with Gasteiger partial charge in [-0.05, 0) is 12.1 Å². The molecule has 0 bridgehead atoms. The van der Waals surface area contributed by atoms with E-state index in [4.69, 9.17) is 4.74 Å². The van der Waals surface area contributed by atoms with Gasteiger partial charge in [0.05, 0.1) is 19.8 Å². The van der Waals surface area contributed by atoms with E-state index in [9.17, 15) is 18.0 Å². The van der Waals surface area contributed by atoms with Crippen LogP contribution in [0.25, 0.3) is 0 Å². The van der Waals surface area contributed by atoms with Crippen molar-refractivity contribution in [1.82, 2.24) is 14.7 Å². The SMILES string of the molecule is COC(=O)c1ccccc1S(=O)(=O)NC(=O)Nc1nccc(OC)n1. The van der Waals surface area contributed by atoms with Crippen molar-refractivity contribution in [2.45, 2.75) is 4.90 Å². The van der Waals surface area contributed by atoms with Crippen molar-refractivity contribution in [3.05, 3.63) is 42.1 Å². The van der Waals surface area contributed by atoms with Crippen molar-refractivity contribution in [3.63, 3.8) is 0 Å². The normalized spacial score (nSPS) is 10.6. The molecule has 0 aliphatic rings. The lowest BCUT2D eigenvalue weighted by atomic mass is 10.2. The Morgan fingerprint density at radius 1 is 1.12 bits per heavy atom. The smallest absolute Gasteiger partial charge is 0.339 e. The van der Waals surface area contributed by atoms with Gasteiger partial charge in [-0.15, -0.1) is 0 Å². The zero-order valence-corrected chi connectivity index (χ0v) is 14.0. The molecule has 0 radical (unpaired) electrons. The van der Waals surface area contributed by atoms with Crippen LogP contribution in [0, 0.1) is 0 Å². The Morgan fingerprint density at radius 3 is 2.52 bits per heavy atom. The van der Waals surface area contributed by atoms with Crippen molar-refractivity contribution in [3.8, 4) is 5.88 Å². The van der Waals surface area contributed by atoms with Crippen LogP contribution in [-0.4, -0.2) is 44.6 Å². The predicted molar refractivity (Wildman–Crippen MR) is 85.7 cm³/mol. The number of carbonyl (C=O) groups excluding carboxylic acids is 2. The van der Waals surface area contributed by atoms with E-state index in [1.165, 1.54) is 43.6 Å². The number of rotatable bonds is 5. The Hall–Kier alpha value is -3.21. The van der Waals surface area contributed by atoms with Gasteiger partial charge in [0.2, 0.25) is 11.8 Å². The third kappa shape index (κ3) is 4.41. The van der Waals surface area contributed by atoms with E-state index in [1.807, 2.05) is 0 Å². The van der Waals surface area contributed by atoms with Gasteiger partial charge in [0.15, 0.2) is 0 Å². The molecule has 2 N–H and O–H groups in total. The summed E-state index contributed by atoms with van der Waals surface area (Å²) in [5.41, 5.74) is -0.206. The van der Waals surface area contributed by atoms with E-state index in [0.717, 1.165) is 7.11 Å². The summed E-state index contributed by atoms with van der Waals surface area (Å²) in [7, 11) is -1.84. The van der Waals surface area contributed by atoms with Crippen molar-refractivity contribution in [2.24, 2.45) is 0 Å². The Bertz CT molecular complexity index is 900. The van der Waals surface area contributed by atoms with Gasteiger partial charge in [-0.25, -0.2) is 27.7 Å². The molecule has 0 saturated heterocycles. The number of anilines is 1. The first-order chi connectivity index (χ1) is 11.9. The molecule has 1 heterocycles. The molecule has 0 fully saturated rings. The number of aromatic nitrogens is 2. The van der Waals surface area contributed by atoms with Gasteiger partial charge < -0.3 is 9.47 Å². The largest absolute Gasteiger partial charge is 0.481 e. The average molecular weight is 366 g/mol. The summed E-state index contributed by atoms with van der Waals surface area (Å²) in [5, 5.41) is 2.16. The first-order valence-electron chi connectivity index (χ1n) is 6.75. The molecule has 132 valence electrons. The molecule has 0 unspecified atom stereocenters. The van der Waals surface area contributed by atoms with Crippen LogP contribution in [0.1, 0.15) is 10.4 Å². The fraction of sp³-hybridized carbons (Fsp3) is 0.143. The number of ether oxygens (including phenoxy) is 2. The zero-order chi connectivity index (χ0) is 18.4. The standard InChI is InChI=1S/C14H14N4O6S/c1-23-11-7-8-15-13(16-11)17-14(20)18-25(21,22)10-6-4-3-5-9(10)12(19)24-2/h3-8H,1-2H3,(H2,15,16,17,18,20). The van der Waals surface area contributed by atoms with E-state index in [-0.39, 0.29) is 17.4 Å². The van der Waals surface area contributed by atoms with Crippen molar-refractivity contribution in [2.75, 3.05) is 19.5 Å². The fourth-order valence-corrected chi connectivity index (χ4v) is 2.90. The topological polar surface area (TPSA) is 137 Å². The number of nitrogens with zero attached hydrogens (tertiary/aromatic N) is 2. The number of nitrogens with one attached hydrogen (secondary N) is 2. The van der Waals surface area contributed by atoms with Crippen LogP contribution < -0.4 is 14.8 Å². The summed E-state index contributed by atoms with van der Waals surface area (Å²) in [6.07, 6.45) is 1.32. The van der Waals surface area contributed by atoms with E-state index in [0.29, 0.717) is 0 Å². The second-order valence-corrected chi connectivity index (χ2v) is 6.12. The van der Waals surface area contributed by atoms with Crippen molar-refractivity contribution >= 4 is 28.0 Å². The quantitative estimate of drug-likeness (QED) is 0.741. The minimum absolute atomic E-state index is 0.159. The van der Waals surface area contributed by atoms with Crippen LogP contribution in [0.5, 0.6) is 5.88 Å². The third-order valence-electron chi connectivity index (χ3n) is 2.87. The number of hydrogen-bond acceptors (Lipinski definition) is 8. The number of methoxy groups -OCH3 is 2. The number of sulfonamides is 1. The molecule has 2 rings (SSSR count). The lowest BCUT2D eigenvalue weighted by Gasteiger charge is -2.10. The maximum Gasteiger partial charge on any atom is 0.339 e. The summed E-state index contributed by atoms with van der Waals surface area (Å²) in [5.74, 6) is -0.824. The lowest BCUT2D eigenvalue weighted by molar-refractivity contribution is 0.0596. The highest BCUT2D eigenvalue weighted by Gasteiger charge is 2.24. The molecule has 11 heteroatoms. The molecule has 1 aromatic heterocycles. The summed E-state index contributed by atoms with van der Waals surface area (Å²) < 4.78 is 35.9. The van der Waals surface area contributed by atoms with E-state index < -0.39 is 26.9 Å². The molecule has 1 aromatic carbocycles. The summed E-state index contributed by atoms with van der Waals surface area (Å²) in [6, 6.07) is 5.66. The number of amides is 2. The first kappa shape index (κ1) is 18.1. The molecule has 0 saturated carbocycles. The summed E-state index contributed by atoms with van der Waals surface area (Å²) in [4.78, 5) is 30.8. The molecule has 0 atom stereocenters. The number of hydrogen-bond donors (Lipinski definition) is 2. The van der Waals surface area contributed by atoms with Crippen LogP contribution >= 0.6 is 0 Å². The highest BCUT2D eigenvalue weighted by molar-refractivity contribution is 7.90. The monoisotopic (exact) mass is 366 g/mol. The van der Waals surface area contributed by atoms with E-state index in [2.05, 4.69) is 20.0 Å². The van der Waals surface area contributed by atoms with Gasteiger partial charge >= 0.3 is 12.0 Å². The fourth-order valence-electron chi connectivity index (χ4n) is 1.80. The highest BCUT2D eigenvalue weighted by atomic mass is 32.2. The van der Waals surface area contributed by atoms with Crippen molar-refractivity contribution in [1.29, 1.82) is 0 Å². The van der Waals surface area contributed by atoms with Crippen LogP contribution in [-0.2, 0) is 14.8 Å². The second-order valence-electron chi connectivity index (χ2n) is 4.47. The molecule has 25 heavy (non-hydrogen) atoms. The van der Waals surface area contributed by atoms with Crippen LogP contribution in [0.15, 0.2) is 41.4 Å². The molecular weight excluding hydrogens is 352 g/mol. The molecule has 0 aliphatic heterocycles. The van der Waals surface area contributed by atoms with Crippen LogP contribution in [0.2, 0.25) is 0 Å². The van der Waals surface area contributed by atoms with Crippen LogP contribution in [0.3, 0.4) is 0 Å². The predicted octanol–water partition coefficient (Wildman–Crippen LogP) is 0.782. The number of urea groups is 1. The third-order valence-corrected chi connectivity index (χ3v) is 4.26. The van der Waals surface area contributed by atoms with Gasteiger partial charge in [0.25, 0.3) is 10.0 Å². The number of carbonyl (C=O) groups is 2. The van der Waals surface area contributed by atoms with E-state index in [1.54, 1.807) is 4.72 Å². The molecule has 10 nitrogen and oxygen atoms in total. The van der Waals surface area contributed by atoms with E-state index >= 15 is 0 Å². The maximum atomic E-state index is 12.4. The second kappa shape index (κ2) is 7.57. The number of benzene rings is 1.